The molecule has 3 fully saturated rings. The van der Waals surface area contributed by atoms with Crippen molar-refractivity contribution in [1.29, 1.82) is 0 Å². The summed E-state index contributed by atoms with van der Waals surface area (Å²) in [7, 11) is 2.10. The maximum atomic E-state index is 13.0. The van der Waals surface area contributed by atoms with Crippen LogP contribution in [-0.4, -0.2) is 99.6 Å². The highest BCUT2D eigenvalue weighted by Crippen LogP contribution is 2.33. The summed E-state index contributed by atoms with van der Waals surface area (Å²) in [4.78, 5) is 52.2. The molecule has 9 rings (SSSR count). The van der Waals surface area contributed by atoms with Crippen molar-refractivity contribution in [3.05, 3.63) is 84.3 Å². The Hall–Kier alpha value is -5.33. The third-order valence-electron chi connectivity index (χ3n) is 11.2. The van der Waals surface area contributed by atoms with Crippen LogP contribution in [0.4, 0.5) is 5.82 Å². The van der Waals surface area contributed by atoms with Gasteiger partial charge in [0.15, 0.2) is 0 Å². The van der Waals surface area contributed by atoms with E-state index in [0.29, 0.717) is 30.9 Å². The molecule has 0 bridgehead atoms. The number of piperidine rings is 2. The molecule has 2 aromatic carbocycles. The molecule has 3 saturated heterocycles. The van der Waals surface area contributed by atoms with E-state index in [1.165, 1.54) is 21.8 Å². The quantitative estimate of drug-likeness (QED) is 0.225. The summed E-state index contributed by atoms with van der Waals surface area (Å²) < 4.78 is 14.8. The molecule has 5 aromatic rings. The molecule has 0 aliphatic carbocycles. The second-order valence-electron chi connectivity index (χ2n) is 14.4. The van der Waals surface area contributed by atoms with Crippen molar-refractivity contribution in [1.82, 2.24) is 29.7 Å². The van der Waals surface area contributed by atoms with Crippen molar-refractivity contribution in [2.75, 3.05) is 44.2 Å². The molecule has 52 heavy (non-hydrogen) atoms. The van der Waals surface area contributed by atoms with E-state index in [1.54, 1.807) is 11.0 Å². The largest absolute Gasteiger partial charge is 0.492 e. The molecular formula is C40H41N7O5. The number of nitrogens with zero attached hydrogens (tertiary/aromatic N) is 6. The Labute approximate surface area is 301 Å². The maximum Gasteiger partial charge on any atom is 0.255 e. The number of imide groups is 1. The van der Waals surface area contributed by atoms with E-state index >= 15 is 0 Å². The van der Waals surface area contributed by atoms with Gasteiger partial charge in [-0.2, -0.15) is 0 Å². The number of aryl methyl sites for hydroxylation is 1. The van der Waals surface area contributed by atoms with Crippen LogP contribution >= 0.6 is 0 Å². The highest BCUT2D eigenvalue weighted by atomic mass is 16.5. The van der Waals surface area contributed by atoms with Gasteiger partial charge in [0, 0.05) is 98.7 Å². The van der Waals surface area contributed by atoms with Crippen molar-refractivity contribution < 1.29 is 23.9 Å². The van der Waals surface area contributed by atoms with Gasteiger partial charge in [-0.15, -0.1) is 0 Å². The molecule has 0 spiro atoms. The Bertz CT molecular complexity index is 2190. The van der Waals surface area contributed by atoms with E-state index in [1.807, 2.05) is 30.7 Å². The van der Waals surface area contributed by atoms with Crippen LogP contribution in [0.15, 0.2) is 73.2 Å². The number of aromatic nitrogens is 3. The second-order valence-corrected chi connectivity index (χ2v) is 14.4. The van der Waals surface area contributed by atoms with E-state index in [4.69, 9.17) is 14.5 Å². The number of fused-ring (bicyclic) bond motifs is 4. The van der Waals surface area contributed by atoms with Crippen LogP contribution in [-0.2, 0) is 27.9 Å². The molecule has 4 aliphatic rings. The molecule has 266 valence electrons. The molecule has 3 aromatic heterocycles. The van der Waals surface area contributed by atoms with E-state index < -0.39 is 11.9 Å². The molecular weight excluding hydrogens is 658 g/mol. The first kappa shape index (κ1) is 32.6. The first-order valence-corrected chi connectivity index (χ1v) is 18.2. The molecule has 7 heterocycles. The lowest BCUT2D eigenvalue weighted by atomic mass is 10.0. The van der Waals surface area contributed by atoms with Crippen molar-refractivity contribution in [2.24, 2.45) is 7.05 Å². The van der Waals surface area contributed by atoms with Crippen molar-refractivity contribution in [3.63, 3.8) is 0 Å². The van der Waals surface area contributed by atoms with Gasteiger partial charge in [0.1, 0.15) is 24.2 Å². The number of benzene rings is 2. The number of pyridine rings is 2. The van der Waals surface area contributed by atoms with E-state index in [9.17, 15) is 14.4 Å². The van der Waals surface area contributed by atoms with Gasteiger partial charge in [-0.05, 0) is 72.9 Å². The predicted octanol–water partition coefficient (Wildman–Crippen LogP) is 4.30. The number of likely N-dealkylation sites (tertiary alicyclic amines) is 1. The molecule has 4 aliphatic heterocycles. The zero-order valence-corrected chi connectivity index (χ0v) is 29.2. The highest BCUT2D eigenvalue weighted by molar-refractivity contribution is 6.08. The smallest absolute Gasteiger partial charge is 0.255 e. The Morgan fingerprint density at radius 2 is 1.71 bits per heavy atom. The molecule has 1 unspecified atom stereocenters. The van der Waals surface area contributed by atoms with Crippen LogP contribution < -0.4 is 15.0 Å². The molecule has 1 N–H and O–H groups in total. The minimum Gasteiger partial charge on any atom is -0.492 e. The maximum absolute atomic E-state index is 13.0. The fraction of sp³-hybridized carbons (Fsp3) is 0.375. The summed E-state index contributed by atoms with van der Waals surface area (Å²) in [5.41, 5.74) is 6.05. The monoisotopic (exact) mass is 699 g/mol. The number of carbonyl (C=O) groups is 3. The van der Waals surface area contributed by atoms with Crippen LogP contribution in [0.25, 0.3) is 32.9 Å². The zero-order chi connectivity index (χ0) is 35.3. The summed E-state index contributed by atoms with van der Waals surface area (Å²) in [6.07, 6.45) is 8.82. The van der Waals surface area contributed by atoms with Gasteiger partial charge >= 0.3 is 0 Å². The van der Waals surface area contributed by atoms with Gasteiger partial charge in [-0.1, -0.05) is 12.1 Å². The molecule has 0 radical (unpaired) electrons. The number of nitrogens with one attached hydrogen (secondary N) is 1. The van der Waals surface area contributed by atoms with Gasteiger partial charge in [0.05, 0.1) is 17.7 Å². The van der Waals surface area contributed by atoms with Crippen LogP contribution in [0.2, 0.25) is 0 Å². The number of carbonyl (C=O) groups excluding carboxylic acids is 3. The first-order valence-electron chi connectivity index (χ1n) is 18.2. The van der Waals surface area contributed by atoms with Gasteiger partial charge in [-0.25, -0.2) is 4.98 Å². The van der Waals surface area contributed by atoms with E-state index in [2.05, 4.69) is 68.1 Å². The fourth-order valence-corrected chi connectivity index (χ4v) is 8.16. The third-order valence-corrected chi connectivity index (χ3v) is 11.2. The molecule has 0 saturated carbocycles. The van der Waals surface area contributed by atoms with Gasteiger partial charge in [0.25, 0.3) is 5.91 Å². The Morgan fingerprint density at radius 1 is 0.865 bits per heavy atom. The summed E-state index contributed by atoms with van der Waals surface area (Å²) in [6.45, 7) is 5.35. The Balaban J connectivity index is 0.707. The normalized spacial score (nSPS) is 20.1. The SMILES string of the molecule is Cn1c2ccncc2c2ccc(-c3ccc(N4CC(OC5CCN(CCOc6ccc7c(c6)CN(C6CCC(=O)NC6=O)C7=O)CC5)C4)nc3)cc21. The lowest BCUT2D eigenvalue weighted by molar-refractivity contribution is -0.136. The number of ether oxygens (including phenoxy) is 2. The zero-order valence-electron chi connectivity index (χ0n) is 29.2. The number of anilines is 1. The third kappa shape index (κ3) is 6.05. The average Bonchev–Trinajstić information content (AvgIpc) is 3.62. The van der Waals surface area contributed by atoms with Crippen molar-refractivity contribution in [3.8, 4) is 16.9 Å². The average molecular weight is 700 g/mol. The fourth-order valence-electron chi connectivity index (χ4n) is 8.16. The summed E-state index contributed by atoms with van der Waals surface area (Å²) in [5, 5.41) is 4.73. The molecule has 1 atom stereocenters. The minimum absolute atomic E-state index is 0.175. The number of amides is 3. The number of hydrogen-bond donors (Lipinski definition) is 1. The lowest BCUT2D eigenvalue weighted by Gasteiger charge is -2.43. The topological polar surface area (TPSA) is 122 Å². The highest BCUT2D eigenvalue weighted by Gasteiger charge is 2.39. The van der Waals surface area contributed by atoms with Crippen molar-refractivity contribution in [2.45, 2.75) is 50.5 Å². The van der Waals surface area contributed by atoms with Crippen LogP contribution in [0, 0.1) is 0 Å². The second kappa shape index (κ2) is 13.3. The van der Waals surface area contributed by atoms with E-state index in [-0.39, 0.29) is 30.4 Å². The van der Waals surface area contributed by atoms with Gasteiger partial charge in [0.2, 0.25) is 11.8 Å². The minimum atomic E-state index is -0.616. The lowest BCUT2D eigenvalue weighted by Crippen LogP contribution is -2.54. The van der Waals surface area contributed by atoms with Gasteiger partial charge < -0.3 is 23.8 Å². The molecule has 3 amide bonds. The van der Waals surface area contributed by atoms with Gasteiger partial charge in [-0.3, -0.25) is 29.6 Å². The van der Waals surface area contributed by atoms with E-state index in [0.717, 1.165) is 68.1 Å². The van der Waals surface area contributed by atoms with Crippen molar-refractivity contribution >= 4 is 45.3 Å². The Morgan fingerprint density at radius 3 is 2.52 bits per heavy atom. The summed E-state index contributed by atoms with van der Waals surface area (Å²) >= 11 is 0. The number of rotatable bonds is 9. The summed E-state index contributed by atoms with van der Waals surface area (Å²) in [5.74, 6) is 0.837. The van der Waals surface area contributed by atoms with Crippen LogP contribution in [0.1, 0.15) is 41.6 Å². The Kier molecular flexibility index (Phi) is 8.35. The predicted molar refractivity (Wildman–Crippen MR) is 196 cm³/mol. The van der Waals surface area contributed by atoms with Crippen LogP contribution in [0.3, 0.4) is 0 Å². The molecule has 12 nitrogen and oxygen atoms in total. The molecule has 12 heteroatoms. The number of hydrogen-bond acceptors (Lipinski definition) is 9. The standard InChI is InChI=1S/C40H41N7O5/c1-44-34-10-13-41-21-33(34)32-5-2-25(19-36(32)44)26-3-8-37(42-20-26)46-23-30(24-46)52-28-11-14-45(15-12-28)16-17-51-29-4-6-31-27(18-29)22-47(40(31)50)35-7-9-38(48)43-39(35)49/h2-6,8,10,13,18-21,28,30,35H,7,9,11-12,14-17,22-24H2,1H3,(H,43,48,49). The summed E-state index contributed by atoms with van der Waals surface area (Å²) in [6, 6.07) is 17.8. The van der Waals surface area contributed by atoms with Crippen LogP contribution in [0.5, 0.6) is 5.75 Å². The first-order chi connectivity index (χ1) is 25.4.